The first kappa shape index (κ1) is 8.25. The van der Waals surface area contributed by atoms with Gasteiger partial charge in [-0.1, -0.05) is 11.3 Å². The number of carbonyl (C=O) groups is 1. The molecule has 0 saturated heterocycles. The van der Waals surface area contributed by atoms with Crippen LogP contribution in [-0.4, -0.2) is 22.5 Å². The molecular weight excluding hydrogens is 188 g/mol. The Labute approximate surface area is 78.8 Å². The molecule has 0 aliphatic heterocycles. The average Bonchev–Trinajstić information content (AvgIpc) is 2.59. The molecule has 68 valence electrons. The third-order valence-corrected chi connectivity index (χ3v) is 2.64. The van der Waals surface area contributed by atoms with E-state index in [0.717, 1.165) is 10.7 Å². The fourth-order valence-electron chi connectivity index (χ4n) is 1.11. The molecule has 0 aliphatic rings. The highest BCUT2D eigenvalue weighted by molar-refractivity contribution is 7.18. The first-order valence-corrected chi connectivity index (χ1v) is 4.56. The second kappa shape index (κ2) is 2.85. The van der Waals surface area contributed by atoms with Gasteiger partial charge in [0.15, 0.2) is 4.96 Å². The van der Waals surface area contributed by atoms with Crippen molar-refractivity contribution in [2.75, 3.05) is 7.11 Å². The minimum atomic E-state index is -0.312. The smallest absolute Gasteiger partial charge is 0.349 e. The van der Waals surface area contributed by atoms with Crippen molar-refractivity contribution in [2.45, 2.75) is 6.92 Å². The minimum absolute atomic E-state index is 0.312. The number of aryl methyl sites for hydroxylation is 1. The van der Waals surface area contributed by atoms with E-state index in [1.54, 1.807) is 6.20 Å². The lowest BCUT2D eigenvalue weighted by Gasteiger charge is -1.90. The normalized spacial score (nSPS) is 10.6. The van der Waals surface area contributed by atoms with E-state index in [-0.39, 0.29) is 5.97 Å². The molecule has 5 heteroatoms. The van der Waals surface area contributed by atoms with Crippen LogP contribution in [0.15, 0.2) is 12.4 Å². The Morgan fingerprint density at radius 2 is 2.38 bits per heavy atom. The van der Waals surface area contributed by atoms with E-state index in [1.807, 2.05) is 17.5 Å². The summed E-state index contributed by atoms with van der Waals surface area (Å²) in [6, 6.07) is 0. The van der Waals surface area contributed by atoms with Crippen molar-refractivity contribution in [1.82, 2.24) is 9.38 Å². The number of fused-ring (bicyclic) bond motifs is 1. The fraction of sp³-hybridized carbons (Fsp3) is 0.250. The van der Waals surface area contributed by atoms with Crippen LogP contribution in [0.4, 0.5) is 0 Å². The predicted molar refractivity (Wildman–Crippen MR) is 49.1 cm³/mol. The van der Waals surface area contributed by atoms with Gasteiger partial charge >= 0.3 is 5.97 Å². The van der Waals surface area contributed by atoms with E-state index in [9.17, 15) is 4.79 Å². The van der Waals surface area contributed by atoms with Crippen molar-refractivity contribution in [1.29, 1.82) is 0 Å². The number of hydrogen-bond acceptors (Lipinski definition) is 4. The summed E-state index contributed by atoms with van der Waals surface area (Å²) in [5.41, 5.74) is 0.947. The zero-order valence-electron chi connectivity index (χ0n) is 7.27. The molecule has 2 aromatic heterocycles. The maximum Gasteiger partial charge on any atom is 0.349 e. The Morgan fingerprint density at radius 3 is 3.00 bits per heavy atom. The molecule has 2 heterocycles. The topological polar surface area (TPSA) is 43.6 Å². The summed E-state index contributed by atoms with van der Waals surface area (Å²) in [4.78, 5) is 16.7. The van der Waals surface area contributed by atoms with Gasteiger partial charge in [-0.3, -0.25) is 4.40 Å². The molecule has 0 bridgehead atoms. The molecule has 2 aromatic rings. The van der Waals surface area contributed by atoms with Crippen molar-refractivity contribution in [3.05, 3.63) is 23.0 Å². The summed E-state index contributed by atoms with van der Waals surface area (Å²) in [5, 5.41) is 0. The van der Waals surface area contributed by atoms with Crippen LogP contribution in [-0.2, 0) is 4.74 Å². The van der Waals surface area contributed by atoms with Crippen LogP contribution in [0.1, 0.15) is 15.4 Å². The first-order chi connectivity index (χ1) is 6.20. The predicted octanol–water partition coefficient (Wildman–Crippen LogP) is 1.49. The average molecular weight is 196 g/mol. The molecule has 2 rings (SSSR count). The third kappa shape index (κ3) is 1.31. The monoisotopic (exact) mass is 196 g/mol. The molecule has 0 unspecified atom stereocenters. The van der Waals surface area contributed by atoms with Gasteiger partial charge in [0.1, 0.15) is 4.88 Å². The van der Waals surface area contributed by atoms with Gasteiger partial charge < -0.3 is 4.74 Å². The maximum atomic E-state index is 11.1. The molecule has 0 spiro atoms. The van der Waals surface area contributed by atoms with E-state index in [2.05, 4.69) is 9.72 Å². The van der Waals surface area contributed by atoms with Crippen LogP contribution >= 0.6 is 11.3 Å². The lowest BCUT2D eigenvalue weighted by atomic mass is 10.5. The van der Waals surface area contributed by atoms with E-state index in [0.29, 0.717) is 4.88 Å². The number of imidazole rings is 1. The summed E-state index contributed by atoms with van der Waals surface area (Å²) >= 11 is 1.33. The van der Waals surface area contributed by atoms with Crippen LogP contribution < -0.4 is 0 Å². The third-order valence-electron chi connectivity index (χ3n) is 1.66. The second-order valence-electron chi connectivity index (χ2n) is 2.66. The molecular formula is C8H8N2O2S. The molecule has 0 N–H and O–H groups in total. The summed E-state index contributed by atoms with van der Waals surface area (Å²) in [6.07, 6.45) is 3.60. The van der Waals surface area contributed by atoms with Crippen LogP contribution in [0.3, 0.4) is 0 Å². The van der Waals surface area contributed by atoms with Gasteiger partial charge in [0.2, 0.25) is 0 Å². The Balaban J connectivity index is 2.51. The number of esters is 1. The van der Waals surface area contributed by atoms with Crippen LogP contribution in [0, 0.1) is 6.92 Å². The molecule has 0 aromatic carbocycles. The van der Waals surface area contributed by atoms with E-state index < -0.39 is 0 Å². The standard InChI is InChI=1S/C8H8N2O2S/c1-5-3-10-4-6(7(11)12-2)13-8(10)9-5/h3-4H,1-2H3. The molecule has 0 aliphatic carbocycles. The number of hydrogen-bond donors (Lipinski definition) is 0. The van der Waals surface area contributed by atoms with Crippen molar-refractivity contribution in [3.63, 3.8) is 0 Å². The minimum Gasteiger partial charge on any atom is -0.465 e. The lowest BCUT2D eigenvalue weighted by molar-refractivity contribution is 0.0606. The second-order valence-corrected chi connectivity index (χ2v) is 3.67. The number of rotatable bonds is 1. The zero-order valence-corrected chi connectivity index (χ0v) is 8.09. The highest BCUT2D eigenvalue weighted by atomic mass is 32.1. The molecule has 4 nitrogen and oxygen atoms in total. The van der Waals surface area contributed by atoms with Gasteiger partial charge in [-0.05, 0) is 6.92 Å². The number of ether oxygens (including phenoxy) is 1. The van der Waals surface area contributed by atoms with E-state index in [1.165, 1.54) is 18.4 Å². The van der Waals surface area contributed by atoms with Gasteiger partial charge in [-0.15, -0.1) is 0 Å². The Hall–Kier alpha value is -1.36. The first-order valence-electron chi connectivity index (χ1n) is 3.74. The van der Waals surface area contributed by atoms with Gasteiger partial charge in [-0.25, -0.2) is 9.78 Å². The Morgan fingerprint density at radius 1 is 1.62 bits per heavy atom. The van der Waals surface area contributed by atoms with Crippen molar-refractivity contribution in [2.24, 2.45) is 0 Å². The van der Waals surface area contributed by atoms with Gasteiger partial charge in [0.05, 0.1) is 12.8 Å². The maximum absolute atomic E-state index is 11.1. The number of nitrogens with zero attached hydrogens (tertiary/aromatic N) is 2. The summed E-state index contributed by atoms with van der Waals surface area (Å²) < 4.78 is 6.42. The van der Waals surface area contributed by atoms with Crippen LogP contribution in [0.25, 0.3) is 4.96 Å². The Bertz CT molecular complexity index is 426. The molecule has 0 amide bonds. The Kier molecular flexibility index (Phi) is 1.81. The van der Waals surface area contributed by atoms with Crippen LogP contribution in [0.2, 0.25) is 0 Å². The van der Waals surface area contributed by atoms with Gasteiger partial charge in [0.25, 0.3) is 0 Å². The van der Waals surface area contributed by atoms with Crippen LogP contribution in [0.5, 0.6) is 0 Å². The van der Waals surface area contributed by atoms with Gasteiger partial charge in [0, 0.05) is 12.4 Å². The van der Waals surface area contributed by atoms with E-state index >= 15 is 0 Å². The molecule has 13 heavy (non-hydrogen) atoms. The number of aromatic nitrogens is 2. The SMILES string of the molecule is COC(=O)c1cn2cc(C)nc2s1. The van der Waals surface area contributed by atoms with Crippen molar-refractivity contribution >= 4 is 22.3 Å². The fourth-order valence-corrected chi connectivity index (χ4v) is 2.04. The quantitative estimate of drug-likeness (QED) is 0.649. The number of methoxy groups -OCH3 is 1. The molecule has 0 saturated carbocycles. The van der Waals surface area contributed by atoms with E-state index in [4.69, 9.17) is 0 Å². The zero-order chi connectivity index (χ0) is 9.42. The van der Waals surface area contributed by atoms with Crippen molar-refractivity contribution in [3.8, 4) is 0 Å². The molecule has 0 fully saturated rings. The lowest BCUT2D eigenvalue weighted by Crippen LogP contribution is -1.97. The summed E-state index contributed by atoms with van der Waals surface area (Å²) in [5.74, 6) is -0.312. The van der Waals surface area contributed by atoms with Gasteiger partial charge in [-0.2, -0.15) is 0 Å². The largest absolute Gasteiger partial charge is 0.465 e. The highest BCUT2D eigenvalue weighted by Gasteiger charge is 2.11. The summed E-state index contributed by atoms with van der Waals surface area (Å²) in [6.45, 7) is 1.91. The highest BCUT2D eigenvalue weighted by Crippen LogP contribution is 2.18. The van der Waals surface area contributed by atoms with Crippen molar-refractivity contribution < 1.29 is 9.53 Å². The molecule has 0 radical (unpaired) electrons. The number of thiazole rings is 1. The molecule has 0 atom stereocenters. The number of carbonyl (C=O) groups excluding carboxylic acids is 1. The summed E-state index contributed by atoms with van der Waals surface area (Å²) in [7, 11) is 1.37.